The molecule has 1 saturated heterocycles. The lowest BCUT2D eigenvalue weighted by Gasteiger charge is -2.21. The average molecular weight is 371 g/mol. The molecule has 1 aliphatic heterocycles. The third kappa shape index (κ3) is 2.93. The second kappa shape index (κ2) is 6.55. The minimum absolute atomic E-state index is 0.0605. The Bertz CT molecular complexity index is 920. The van der Waals surface area contributed by atoms with Gasteiger partial charge in [0.1, 0.15) is 12.2 Å². The first-order chi connectivity index (χ1) is 11.9. The first-order valence-electron chi connectivity index (χ1n) is 7.51. The molecule has 1 aliphatic rings. The van der Waals surface area contributed by atoms with Crippen LogP contribution < -0.4 is 11.3 Å². The van der Waals surface area contributed by atoms with Crippen LogP contribution in [0.3, 0.4) is 0 Å². The number of aromatic nitrogens is 4. The van der Waals surface area contributed by atoms with Crippen LogP contribution in [0.2, 0.25) is 0 Å². The van der Waals surface area contributed by atoms with Gasteiger partial charge in [-0.3, -0.25) is 19.1 Å². The summed E-state index contributed by atoms with van der Waals surface area (Å²) in [5.74, 6) is -0.701. The van der Waals surface area contributed by atoms with Crippen LogP contribution in [-0.2, 0) is 14.3 Å². The minimum atomic E-state index is -1.28. The molecular formula is C13H17N5O6S. The highest BCUT2D eigenvalue weighted by Gasteiger charge is 2.47. The summed E-state index contributed by atoms with van der Waals surface area (Å²) in [6, 6.07) is 0. The van der Waals surface area contributed by atoms with Crippen LogP contribution in [-0.4, -0.2) is 60.6 Å². The van der Waals surface area contributed by atoms with Crippen molar-refractivity contribution in [1.29, 1.82) is 0 Å². The molecule has 0 saturated carbocycles. The average Bonchev–Trinajstić information content (AvgIpc) is 3.05. The molecule has 25 heavy (non-hydrogen) atoms. The maximum Gasteiger partial charge on any atom is 0.306 e. The number of esters is 1. The number of hydrogen-bond acceptors (Lipinski definition) is 9. The van der Waals surface area contributed by atoms with Gasteiger partial charge in [0.05, 0.1) is 6.61 Å². The summed E-state index contributed by atoms with van der Waals surface area (Å²) >= 11 is 5.21. The number of nitrogen functional groups attached to an aromatic ring is 1. The summed E-state index contributed by atoms with van der Waals surface area (Å²) in [6.45, 7) is 1.10. The monoisotopic (exact) mass is 371 g/mol. The standard InChI is InChI=1S/C13H17N5O6S/c1-2-5(20)24-8-7(21)4(3-19)23-11(8)18-9-6(15-13(18)25)10(22)17-12(14)16-9/h4,7-8,11,19,21H,2-3H2,1H3,(H,15,25)(H3,14,16,17,22)/t4-,7-,8-,11-/m1/s1. The molecule has 0 spiro atoms. The van der Waals surface area contributed by atoms with E-state index in [0.29, 0.717) is 0 Å². The Balaban J connectivity index is 2.14. The number of ether oxygens (including phenoxy) is 2. The van der Waals surface area contributed by atoms with Crippen molar-refractivity contribution < 1.29 is 24.5 Å². The molecule has 0 bridgehead atoms. The Labute approximate surface area is 145 Å². The maximum atomic E-state index is 12.0. The van der Waals surface area contributed by atoms with Crippen LogP contribution in [0, 0.1) is 4.77 Å². The number of carbonyl (C=O) groups is 1. The van der Waals surface area contributed by atoms with E-state index in [1.807, 2.05) is 0 Å². The van der Waals surface area contributed by atoms with Crippen LogP contribution >= 0.6 is 12.2 Å². The summed E-state index contributed by atoms with van der Waals surface area (Å²) < 4.78 is 12.2. The fourth-order valence-electron chi connectivity index (χ4n) is 2.70. The molecule has 0 unspecified atom stereocenters. The summed E-state index contributed by atoms with van der Waals surface area (Å²) in [7, 11) is 0. The van der Waals surface area contributed by atoms with E-state index < -0.39 is 42.7 Å². The minimum Gasteiger partial charge on any atom is -0.455 e. The highest BCUT2D eigenvalue weighted by molar-refractivity contribution is 7.71. The molecule has 3 heterocycles. The van der Waals surface area contributed by atoms with Gasteiger partial charge in [-0.15, -0.1) is 0 Å². The lowest BCUT2D eigenvalue weighted by atomic mass is 10.1. The maximum absolute atomic E-state index is 12.0. The van der Waals surface area contributed by atoms with Gasteiger partial charge in [-0.1, -0.05) is 6.92 Å². The number of hydrogen-bond donors (Lipinski definition) is 5. The first kappa shape index (κ1) is 17.5. The summed E-state index contributed by atoms with van der Waals surface area (Å²) in [5.41, 5.74) is 5.18. The van der Waals surface area contributed by atoms with Crippen molar-refractivity contribution in [2.45, 2.75) is 37.9 Å². The Kier molecular flexibility index (Phi) is 4.60. The molecule has 1 fully saturated rings. The highest BCUT2D eigenvalue weighted by atomic mass is 32.1. The molecule has 0 aliphatic carbocycles. The predicted octanol–water partition coefficient (Wildman–Crippen LogP) is -1.06. The van der Waals surface area contributed by atoms with Crippen LogP contribution in [0.5, 0.6) is 0 Å². The fraction of sp³-hybridized carbons (Fsp3) is 0.538. The molecule has 0 aromatic carbocycles. The van der Waals surface area contributed by atoms with Gasteiger partial charge in [0, 0.05) is 6.42 Å². The molecule has 12 heteroatoms. The third-order valence-corrected chi connectivity index (χ3v) is 4.20. The SMILES string of the molecule is CCC(=O)O[C@@H]1[C@H](O)[C@@H](CO)O[C@H]1n1c(=S)[nH]c2c(=O)[nH]c(N)nc21. The van der Waals surface area contributed by atoms with E-state index in [4.69, 9.17) is 27.4 Å². The Morgan fingerprint density at radius 3 is 2.88 bits per heavy atom. The van der Waals surface area contributed by atoms with E-state index in [1.165, 1.54) is 4.57 Å². The van der Waals surface area contributed by atoms with Gasteiger partial charge in [-0.05, 0) is 12.2 Å². The van der Waals surface area contributed by atoms with E-state index in [0.717, 1.165) is 0 Å². The Morgan fingerprint density at radius 2 is 2.24 bits per heavy atom. The molecular weight excluding hydrogens is 354 g/mol. The van der Waals surface area contributed by atoms with Crippen molar-refractivity contribution in [3.8, 4) is 0 Å². The predicted molar refractivity (Wildman–Crippen MR) is 87.1 cm³/mol. The van der Waals surface area contributed by atoms with Crippen molar-refractivity contribution in [3.05, 3.63) is 15.1 Å². The number of nitrogens with zero attached hydrogens (tertiary/aromatic N) is 2. The van der Waals surface area contributed by atoms with Gasteiger partial charge < -0.3 is 30.4 Å². The molecule has 2 aromatic rings. The number of H-pyrrole nitrogens is 2. The number of rotatable bonds is 4. The number of carbonyl (C=O) groups excluding carboxylic acids is 1. The van der Waals surface area contributed by atoms with Crippen LogP contribution in [0.15, 0.2) is 4.79 Å². The molecule has 4 atom stereocenters. The van der Waals surface area contributed by atoms with Crippen LogP contribution in [0.1, 0.15) is 19.6 Å². The zero-order valence-electron chi connectivity index (χ0n) is 13.1. The molecule has 11 nitrogen and oxygen atoms in total. The molecule has 2 aromatic heterocycles. The lowest BCUT2D eigenvalue weighted by Crippen LogP contribution is -2.37. The van der Waals surface area contributed by atoms with Crippen LogP contribution in [0.25, 0.3) is 11.2 Å². The highest BCUT2D eigenvalue weighted by Crippen LogP contribution is 2.33. The van der Waals surface area contributed by atoms with E-state index in [9.17, 15) is 19.8 Å². The molecule has 136 valence electrons. The first-order valence-corrected chi connectivity index (χ1v) is 7.92. The number of fused-ring (bicyclic) bond motifs is 1. The summed E-state index contributed by atoms with van der Waals surface area (Å²) in [6.07, 6.45) is -4.41. The van der Waals surface area contributed by atoms with Gasteiger partial charge in [-0.25, -0.2) is 0 Å². The zero-order valence-corrected chi connectivity index (χ0v) is 13.9. The van der Waals surface area contributed by atoms with Gasteiger partial charge in [0.25, 0.3) is 5.56 Å². The number of aromatic amines is 2. The lowest BCUT2D eigenvalue weighted by molar-refractivity contribution is -0.158. The van der Waals surface area contributed by atoms with Crippen molar-refractivity contribution in [2.24, 2.45) is 0 Å². The van der Waals surface area contributed by atoms with E-state index in [-0.39, 0.29) is 28.3 Å². The third-order valence-electron chi connectivity index (χ3n) is 3.90. The van der Waals surface area contributed by atoms with E-state index >= 15 is 0 Å². The Hall–Kier alpha value is -2.28. The van der Waals surface area contributed by atoms with Gasteiger partial charge >= 0.3 is 5.97 Å². The van der Waals surface area contributed by atoms with Crippen molar-refractivity contribution in [3.63, 3.8) is 0 Å². The van der Waals surface area contributed by atoms with E-state index in [2.05, 4.69) is 15.0 Å². The van der Waals surface area contributed by atoms with Gasteiger partial charge in [0.2, 0.25) is 5.95 Å². The van der Waals surface area contributed by atoms with Gasteiger partial charge in [-0.2, -0.15) is 4.98 Å². The molecule has 0 radical (unpaired) electrons. The van der Waals surface area contributed by atoms with Crippen molar-refractivity contribution in [1.82, 2.24) is 19.5 Å². The number of anilines is 1. The second-order valence-corrected chi connectivity index (χ2v) is 5.88. The fourth-order valence-corrected chi connectivity index (χ4v) is 3.00. The number of nitrogens with one attached hydrogen (secondary N) is 2. The smallest absolute Gasteiger partial charge is 0.306 e. The van der Waals surface area contributed by atoms with Crippen molar-refractivity contribution >= 4 is 35.3 Å². The number of aliphatic hydroxyl groups excluding tert-OH is 2. The van der Waals surface area contributed by atoms with Crippen LogP contribution in [0.4, 0.5) is 5.95 Å². The number of aliphatic hydroxyl groups is 2. The number of imidazole rings is 1. The summed E-state index contributed by atoms with van der Waals surface area (Å²) in [4.78, 5) is 32.7. The van der Waals surface area contributed by atoms with E-state index in [1.54, 1.807) is 6.92 Å². The van der Waals surface area contributed by atoms with Crippen molar-refractivity contribution in [2.75, 3.05) is 12.3 Å². The molecule has 6 N–H and O–H groups in total. The topological polar surface area (TPSA) is 168 Å². The number of nitrogens with two attached hydrogens (primary N) is 1. The normalized spacial score (nSPS) is 26.2. The molecule has 3 rings (SSSR count). The molecule has 0 amide bonds. The second-order valence-electron chi connectivity index (χ2n) is 5.50. The quantitative estimate of drug-likeness (QED) is 0.332. The Morgan fingerprint density at radius 1 is 1.52 bits per heavy atom. The van der Waals surface area contributed by atoms with Gasteiger partial charge in [0.15, 0.2) is 28.3 Å². The summed E-state index contributed by atoms with van der Waals surface area (Å²) in [5, 5.41) is 19.7. The largest absolute Gasteiger partial charge is 0.455 e. The zero-order chi connectivity index (χ0) is 18.3.